The number of hydrogen-bond acceptors (Lipinski definition) is 5. The molecule has 146 valence electrons. The second-order valence-electron chi connectivity index (χ2n) is 7.79. The first kappa shape index (κ1) is 18.7. The molecule has 0 saturated carbocycles. The Morgan fingerprint density at radius 1 is 1.21 bits per heavy atom. The number of carbonyl (C=O) groups excluding carboxylic acids is 2. The van der Waals surface area contributed by atoms with Gasteiger partial charge in [-0.1, -0.05) is 24.3 Å². The standard InChI is InChI=1S/C22H24N2O4/c1-22-13-24(10-14-7-8-18(28-2)15(9-14)12-25)11-19(22)23-21(27)17-6-4-3-5-16(17)20(22)26/h3-9,19,25H,10-13H2,1-2H3,(H,23,27)/t19-,22+/m1/s1. The lowest BCUT2D eigenvalue weighted by Gasteiger charge is -2.27. The van der Waals surface area contributed by atoms with Crippen LogP contribution in [-0.4, -0.2) is 47.9 Å². The molecule has 2 aliphatic heterocycles. The normalized spacial score (nSPS) is 24.3. The number of likely N-dealkylation sites (tertiary alicyclic amines) is 1. The number of amides is 1. The highest BCUT2D eigenvalue weighted by Gasteiger charge is 2.51. The van der Waals surface area contributed by atoms with Crippen LogP contribution in [0, 0.1) is 5.41 Å². The number of nitrogens with zero attached hydrogens (tertiary/aromatic N) is 1. The molecule has 0 aliphatic carbocycles. The van der Waals surface area contributed by atoms with Crippen molar-refractivity contribution < 1.29 is 19.4 Å². The van der Waals surface area contributed by atoms with Crippen molar-refractivity contribution in [2.45, 2.75) is 26.1 Å². The Morgan fingerprint density at radius 3 is 2.68 bits per heavy atom. The van der Waals surface area contributed by atoms with E-state index in [0.717, 1.165) is 11.1 Å². The number of hydrogen-bond donors (Lipinski definition) is 2. The Labute approximate surface area is 164 Å². The zero-order chi connectivity index (χ0) is 19.9. The van der Waals surface area contributed by atoms with Gasteiger partial charge in [0.25, 0.3) is 5.91 Å². The number of carbonyl (C=O) groups is 2. The third-order valence-corrected chi connectivity index (χ3v) is 5.92. The summed E-state index contributed by atoms with van der Waals surface area (Å²) in [6.45, 7) is 3.64. The van der Waals surface area contributed by atoms with Crippen LogP contribution < -0.4 is 10.1 Å². The molecule has 1 fully saturated rings. The summed E-state index contributed by atoms with van der Waals surface area (Å²) in [4.78, 5) is 28.1. The van der Waals surface area contributed by atoms with E-state index < -0.39 is 5.41 Å². The maximum absolute atomic E-state index is 13.3. The second kappa shape index (κ2) is 7.04. The Morgan fingerprint density at radius 2 is 1.96 bits per heavy atom. The summed E-state index contributed by atoms with van der Waals surface area (Å²) in [6, 6.07) is 12.5. The van der Waals surface area contributed by atoms with Gasteiger partial charge in [0, 0.05) is 30.8 Å². The van der Waals surface area contributed by atoms with E-state index in [-0.39, 0.29) is 24.3 Å². The van der Waals surface area contributed by atoms with Gasteiger partial charge in [-0.2, -0.15) is 0 Å². The summed E-state index contributed by atoms with van der Waals surface area (Å²) in [5, 5.41) is 12.6. The van der Waals surface area contributed by atoms with Crippen molar-refractivity contribution in [3.8, 4) is 5.75 Å². The molecule has 2 N–H and O–H groups in total. The maximum atomic E-state index is 13.3. The first-order chi connectivity index (χ1) is 13.5. The molecule has 4 rings (SSSR count). The molecule has 28 heavy (non-hydrogen) atoms. The predicted octanol–water partition coefficient (Wildman–Crippen LogP) is 2.00. The van der Waals surface area contributed by atoms with Gasteiger partial charge in [-0.15, -0.1) is 0 Å². The minimum absolute atomic E-state index is 0.0136. The van der Waals surface area contributed by atoms with Crippen molar-refractivity contribution >= 4 is 11.7 Å². The zero-order valence-corrected chi connectivity index (χ0v) is 16.1. The molecule has 0 aromatic heterocycles. The summed E-state index contributed by atoms with van der Waals surface area (Å²) in [6.07, 6.45) is 0. The maximum Gasteiger partial charge on any atom is 0.252 e. The van der Waals surface area contributed by atoms with E-state index in [1.54, 1.807) is 31.4 Å². The van der Waals surface area contributed by atoms with Gasteiger partial charge in [-0.25, -0.2) is 0 Å². The van der Waals surface area contributed by atoms with Gasteiger partial charge in [-0.3, -0.25) is 14.5 Å². The number of methoxy groups -OCH3 is 1. The van der Waals surface area contributed by atoms with Crippen molar-refractivity contribution in [3.63, 3.8) is 0 Å². The molecule has 6 heteroatoms. The highest BCUT2D eigenvalue weighted by atomic mass is 16.5. The number of benzene rings is 2. The average molecular weight is 380 g/mol. The smallest absolute Gasteiger partial charge is 0.252 e. The van der Waals surface area contributed by atoms with Crippen molar-refractivity contribution in [1.29, 1.82) is 0 Å². The van der Waals surface area contributed by atoms with Crippen LogP contribution >= 0.6 is 0 Å². The summed E-state index contributed by atoms with van der Waals surface area (Å²) < 4.78 is 5.26. The number of fused-ring (bicyclic) bond motifs is 2. The molecule has 6 nitrogen and oxygen atoms in total. The highest BCUT2D eigenvalue weighted by molar-refractivity contribution is 6.12. The molecule has 0 unspecified atom stereocenters. The van der Waals surface area contributed by atoms with E-state index in [2.05, 4.69) is 10.2 Å². The van der Waals surface area contributed by atoms with E-state index in [1.807, 2.05) is 25.1 Å². The van der Waals surface area contributed by atoms with Crippen LogP contribution in [-0.2, 0) is 13.2 Å². The van der Waals surface area contributed by atoms with Gasteiger partial charge in [0.2, 0.25) is 0 Å². The molecule has 0 bridgehead atoms. The van der Waals surface area contributed by atoms with Crippen LogP contribution in [0.1, 0.15) is 38.8 Å². The quantitative estimate of drug-likeness (QED) is 0.848. The molecule has 0 spiro atoms. The SMILES string of the molecule is COc1ccc(CN2C[C@H]3NC(=O)c4ccccc4C(=O)[C@@]3(C)C2)cc1CO. The van der Waals surface area contributed by atoms with Crippen LogP contribution in [0.25, 0.3) is 0 Å². The molecule has 0 radical (unpaired) electrons. The Kier molecular flexibility index (Phi) is 4.69. The summed E-state index contributed by atoms with van der Waals surface area (Å²) >= 11 is 0. The third-order valence-electron chi connectivity index (χ3n) is 5.92. The van der Waals surface area contributed by atoms with Gasteiger partial charge >= 0.3 is 0 Å². The molecular weight excluding hydrogens is 356 g/mol. The van der Waals surface area contributed by atoms with Gasteiger partial charge in [-0.05, 0) is 30.7 Å². The first-order valence-electron chi connectivity index (χ1n) is 9.40. The number of ketones is 1. The van der Waals surface area contributed by atoms with Crippen LogP contribution in [0.2, 0.25) is 0 Å². The summed E-state index contributed by atoms with van der Waals surface area (Å²) in [5.41, 5.74) is 2.05. The van der Waals surface area contributed by atoms with Crippen molar-refractivity contribution in [3.05, 3.63) is 64.7 Å². The number of ether oxygens (including phenoxy) is 1. The van der Waals surface area contributed by atoms with E-state index >= 15 is 0 Å². The monoisotopic (exact) mass is 380 g/mol. The van der Waals surface area contributed by atoms with Crippen molar-refractivity contribution in [2.75, 3.05) is 20.2 Å². The molecule has 2 aromatic carbocycles. The Bertz CT molecular complexity index is 942. The van der Waals surface area contributed by atoms with Crippen LogP contribution in [0.15, 0.2) is 42.5 Å². The van der Waals surface area contributed by atoms with Crippen LogP contribution in [0.4, 0.5) is 0 Å². The van der Waals surface area contributed by atoms with Gasteiger partial charge in [0.05, 0.1) is 30.7 Å². The minimum Gasteiger partial charge on any atom is -0.496 e. The van der Waals surface area contributed by atoms with E-state index in [9.17, 15) is 14.7 Å². The summed E-state index contributed by atoms with van der Waals surface area (Å²) in [7, 11) is 1.58. The predicted molar refractivity (Wildman–Crippen MR) is 104 cm³/mol. The van der Waals surface area contributed by atoms with Crippen molar-refractivity contribution in [1.82, 2.24) is 10.2 Å². The van der Waals surface area contributed by atoms with Crippen LogP contribution in [0.5, 0.6) is 5.75 Å². The fourth-order valence-electron chi connectivity index (χ4n) is 4.39. The lowest BCUT2D eigenvalue weighted by atomic mass is 9.78. The highest BCUT2D eigenvalue weighted by Crippen LogP contribution is 2.38. The number of aliphatic hydroxyl groups is 1. The second-order valence-corrected chi connectivity index (χ2v) is 7.79. The third kappa shape index (κ3) is 2.99. The lowest BCUT2D eigenvalue weighted by molar-refractivity contribution is 0.0789. The van der Waals surface area contributed by atoms with Gasteiger partial charge in [0.1, 0.15) is 5.75 Å². The Balaban J connectivity index is 1.59. The summed E-state index contributed by atoms with van der Waals surface area (Å²) in [5.74, 6) is 0.482. The largest absolute Gasteiger partial charge is 0.496 e. The first-order valence-corrected chi connectivity index (χ1v) is 9.40. The van der Waals surface area contributed by atoms with E-state index in [0.29, 0.717) is 36.5 Å². The van der Waals surface area contributed by atoms with Crippen molar-refractivity contribution in [2.24, 2.45) is 5.41 Å². The number of Topliss-reactive ketones (excluding diaryl/α,β-unsaturated/α-hetero) is 1. The molecular formula is C22H24N2O4. The topological polar surface area (TPSA) is 78.9 Å². The fourth-order valence-corrected chi connectivity index (χ4v) is 4.39. The molecule has 2 aromatic rings. The minimum atomic E-state index is -0.672. The zero-order valence-electron chi connectivity index (χ0n) is 16.1. The lowest BCUT2D eigenvalue weighted by Crippen LogP contribution is -2.47. The number of nitrogens with one attached hydrogen (secondary N) is 1. The van der Waals surface area contributed by atoms with E-state index in [1.165, 1.54) is 0 Å². The average Bonchev–Trinajstić information content (AvgIpc) is 2.99. The molecule has 1 amide bonds. The molecule has 2 aliphatic rings. The molecule has 1 saturated heterocycles. The van der Waals surface area contributed by atoms with Gasteiger partial charge in [0.15, 0.2) is 5.78 Å². The van der Waals surface area contributed by atoms with E-state index in [4.69, 9.17) is 4.74 Å². The fraction of sp³-hybridized carbons (Fsp3) is 0.364. The van der Waals surface area contributed by atoms with Crippen LogP contribution in [0.3, 0.4) is 0 Å². The molecule has 2 heterocycles. The van der Waals surface area contributed by atoms with Gasteiger partial charge < -0.3 is 15.2 Å². The number of aliphatic hydroxyl groups excluding tert-OH is 1. The number of rotatable bonds is 4. The molecule has 2 atom stereocenters. The Hall–Kier alpha value is -2.70.